The lowest BCUT2D eigenvalue weighted by Crippen LogP contribution is -2.69. The number of nitrogens with zero attached hydrogens (tertiary/aromatic N) is 3. The molecule has 1 N–H and O–H groups in total. The Balaban J connectivity index is 1.39. The van der Waals surface area contributed by atoms with Gasteiger partial charge in [0.15, 0.2) is 11.5 Å². The van der Waals surface area contributed by atoms with Crippen LogP contribution in [0.4, 0.5) is 30.7 Å². The van der Waals surface area contributed by atoms with E-state index in [1.807, 2.05) is 67.1 Å². The van der Waals surface area contributed by atoms with Crippen LogP contribution in [-0.4, -0.2) is 85.3 Å². The molecule has 4 heterocycles. The van der Waals surface area contributed by atoms with Crippen LogP contribution in [0.1, 0.15) is 63.0 Å². The number of ether oxygens (including phenoxy) is 4. The smallest absolute Gasteiger partial charge is 0.460 e. The fourth-order valence-electron chi connectivity index (χ4n) is 9.17. The van der Waals surface area contributed by atoms with Crippen molar-refractivity contribution in [3.63, 3.8) is 0 Å². The van der Waals surface area contributed by atoms with Crippen LogP contribution >= 0.6 is 0 Å². The van der Waals surface area contributed by atoms with Crippen molar-refractivity contribution in [2.75, 3.05) is 27.5 Å². The van der Waals surface area contributed by atoms with Crippen molar-refractivity contribution in [1.82, 2.24) is 15.1 Å². The number of carbonyl (C=O) groups is 2. The van der Waals surface area contributed by atoms with Crippen molar-refractivity contribution < 1.29 is 59.3 Å². The lowest BCUT2D eigenvalue weighted by Gasteiger charge is -2.60. The van der Waals surface area contributed by atoms with Crippen molar-refractivity contribution in [1.29, 1.82) is 5.26 Å². The monoisotopic (exact) mass is 804 g/mol. The van der Waals surface area contributed by atoms with Gasteiger partial charge in [-0.05, 0) is 74.9 Å². The molecule has 0 radical (unpaired) electrons. The highest BCUT2D eigenvalue weighted by Gasteiger charge is 2.77. The van der Waals surface area contributed by atoms with E-state index in [1.54, 1.807) is 0 Å². The van der Waals surface area contributed by atoms with Crippen LogP contribution in [0.3, 0.4) is 0 Å². The first-order valence-corrected chi connectivity index (χ1v) is 18.2. The summed E-state index contributed by atoms with van der Waals surface area (Å²) < 4.78 is 120. The van der Waals surface area contributed by atoms with Gasteiger partial charge < -0.3 is 24.3 Å². The molecule has 0 aliphatic carbocycles. The van der Waals surface area contributed by atoms with Crippen molar-refractivity contribution in [2.24, 2.45) is 0 Å². The number of methoxy groups -OCH3 is 1. The average Bonchev–Trinajstić information content (AvgIpc) is 3.65. The van der Waals surface area contributed by atoms with E-state index in [1.165, 1.54) is 14.0 Å². The Labute approximate surface area is 323 Å². The van der Waals surface area contributed by atoms with Gasteiger partial charge in [-0.2, -0.15) is 36.0 Å². The number of nitrogens with one attached hydrogen (secondary N) is 1. The fraction of sp³-hybridized carbons (Fsp3) is 0.475. The lowest BCUT2D eigenvalue weighted by molar-refractivity contribution is -0.346. The number of amides is 1. The summed E-state index contributed by atoms with van der Waals surface area (Å²) in [7, 11) is 3.38. The number of piperazine rings is 1. The maximum absolute atomic E-state index is 14.9. The van der Waals surface area contributed by atoms with E-state index in [-0.39, 0.29) is 53.5 Å². The molecule has 4 aliphatic rings. The molecule has 3 aromatic rings. The number of hydrogen-bond acceptors (Lipinski definition) is 9. The Morgan fingerprint density at radius 3 is 2.28 bits per heavy atom. The van der Waals surface area contributed by atoms with Crippen LogP contribution in [0.5, 0.6) is 23.0 Å². The minimum Gasteiger partial charge on any atom is -0.496 e. The van der Waals surface area contributed by atoms with E-state index in [4.69, 9.17) is 18.9 Å². The molecule has 7 rings (SSSR count). The van der Waals surface area contributed by atoms with Gasteiger partial charge in [0.2, 0.25) is 12.7 Å². The Hall–Kier alpha value is -5.08. The van der Waals surface area contributed by atoms with Gasteiger partial charge in [0, 0.05) is 41.7 Å². The summed E-state index contributed by atoms with van der Waals surface area (Å²) in [5.41, 5.74) is 4.37. The largest absolute Gasteiger partial charge is 0.496 e. The third kappa shape index (κ3) is 6.31. The molecule has 1 fully saturated rings. The van der Waals surface area contributed by atoms with E-state index in [0.717, 1.165) is 27.8 Å². The van der Waals surface area contributed by atoms with Gasteiger partial charge in [-0.25, -0.2) is 4.79 Å². The molecule has 0 spiro atoms. The molecule has 5 atom stereocenters. The topological polar surface area (TPSA) is 113 Å². The van der Waals surface area contributed by atoms with Crippen LogP contribution < -0.4 is 24.3 Å². The van der Waals surface area contributed by atoms with E-state index >= 15 is 0 Å². The molecular weight excluding hydrogens is 765 g/mol. The Kier molecular flexibility index (Phi) is 10.1. The lowest BCUT2D eigenvalue weighted by atomic mass is 9.71. The van der Waals surface area contributed by atoms with Gasteiger partial charge in [0.1, 0.15) is 17.5 Å². The van der Waals surface area contributed by atoms with Crippen molar-refractivity contribution >= 4 is 11.9 Å². The molecule has 304 valence electrons. The van der Waals surface area contributed by atoms with E-state index in [0.29, 0.717) is 18.6 Å². The number of aryl methyl sites for hydroxylation is 2. The normalized spacial score (nSPS) is 22.8. The first-order chi connectivity index (χ1) is 26.8. The van der Waals surface area contributed by atoms with Crippen LogP contribution in [0.15, 0.2) is 36.4 Å². The maximum atomic E-state index is 14.9. The van der Waals surface area contributed by atoms with Crippen LogP contribution in [0.2, 0.25) is 0 Å². The zero-order chi connectivity index (χ0) is 41.4. The summed E-state index contributed by atoms with van der Waals surface area (Å²) in [6.45, 7) is 4.47. The van der Waals surface area contributed by atoms with E-state index in [9.17, 15) is 45.6 Å². The SMILES string of the molecule is COc1c(C)cc2c(c1C)[C@H]1C3Cc4c(OC(=O)C(F)(F)C(F)(F)C(F)(F)F)c(C)c5c(c4[C@H](CNC(=O)CCc4ccccc4)N3[C@@H](C#N)[C@H](C2)N1C)OCO5. The third-order valence-electron chi connectivity index (χ3n) is 11.7. The minimum absolute atomic E-state index is 0.00611. The van der Waals surface area contributed by atoms with Gasteiger partial charge in [-0.1, -0.05) is 36.4 Å². The summed E-state index contributed by atoms with van der Waals surface area (Å²) in [5.74, 6) is -16.7. The second-order valence-electron chi connectivity index (χ2n) is 14.9. The molecule has 2 bridgehead atoms. The molecule has 1 unspecified atom stereocenters. The number of esters is 1. The highest BCUT2D eigenvalue weighted by molar-refractivity contribution is 5.83. The third-order valence-corrected chi connectivity index (χ3v) is 11.7. The summed E-state index contributed by atoms with van der Waals surface area (Å²) in [4.78, 5) is 30.3. The summed E-state index contributed by atoms with van der Waals surface area (Å²) in [6.07, 6.45) is -6.04. The van der Waals surface area contributed by atoms with E-state index in [2.05, 4.69) is 11.4 Å². The number of benzene rings is 3. The highest BCUT2D eigenvalue weighted by Crippen LogP contribution is 2.58. The van der Waals surface area contributed by atoms with Gasteiger partial charge in [0.25, 0.3) is 0 Å². The Morgan fingerprint density at radius 2 is 1.63 bits per heavy atom. The number of hydrogen-bond donors (Lipinski definition) is 1. The average molecular weight is 805 g/mol. The van der Waals surface area contributed by atoms with E-state index < -0.39 is 66.7 Å². The molecule has 1 saturated heterocycles. The fourth-order valence-corrected chi connectivity index (χ4v) is 9.17. The number of nitriles is 1. The summed E-state index contributed by atoms with van der Waals surface area (Å²) >= 11 is 0. The first-order valence-electron chi connectivity index (χ1n) is 18.2. The highest BCUT2D eigenvalue weighted by atomic mass is 19.4. The van der Waals surface area contributed by atoms with Crippen LogP contribution in [0.25, 0.3) is 0 Å². The summed E-state index contributed by atoms with van der Waals surface area (Å²) in [5, 5.41) is 13.8. The quantitative estimate of drug-likeness (QED) is 0.145. The van der Waals surface area contributed by atoms with Gasteiger partial charge in [-0.15, -0.1) is 0 Å². The number of likely N-dealkylation sites (N-methyl/N-ethyl adjacent to an activating group) is 1. The number of rotatable bonds is 9. The van der Waals surface area contributed by atoms with Gasteiger partial charge >= 0.3 is 24.0 Å². The number of fused-ring (bicyclic) bond motifs is 9. The van der Waals surface area contributed by atoms with Crippen molar-refractivity contribution in [3.05, 3.63) is 80.9 Å². The zero-order valence-electron chi connectivity index (χ0n) is 31.5. The minimum atomic E-state index is -6.79. The predicted molar refractivity (Wildman–Crippen MR) is 189 cm³/mol. The molecule has 0 saturated carbocycles. The maximum Gasteiger partial charge on any atom is 0.460 e. The molecule has 4 aliphatic heterocycles. The number of carbonyl (C=O) groups excluding carboxylic acids is 2. The van der Waals surface area contributed by atoms with Gasteiger partial charge in [0.05, 0.1) is 25.3 Å². The second kappa shape index (κ2) is 14.4. The molecule has 17 heteroatoms. The molecule has 1 amide bonds. The van der Waals surface area contributed by atoms with Crippen LogP contribution in [-0.2, 0) is 28.9 Å². The number of alkyl halides is 7. The molecule has 0 aromatic heterocycles. The summed E-state index contributed by atoms with van der Waals surface area (Å²) in [6, 6.07) is 10.2. The second-order valence-corrected chi connectivity index (χ2v) is 14.9. The zero-order valence-corrected chi connectivity index (χ0v) is 31.5. The van der Waals surface area contributed by atoms with Crippen molar-refractivity contribution in [2.45, 2.75) is 94.7 Å². The van der Waals surface area contributed by atoms with Crippen molar-refractivity contribution in [3.8, 4) is 29.1 Å². The molecule has 3 aromatic carbocycles. The molecule has 10 nitrogen and oxygen atoms in total. The molecular formula is C40H39F7N4O6. The Bertz CT molecular complexity index is 2160. The Morgan fingerprint density at radius 1 is 0.947 bits per heavy atom. The number of halogens is 7. The first kappa shape index (κ1) is 40.1. The molecule has 57 heavy (non-hydrogen) atoms. The van der Waals surface area contributed by atoms with Crippen LogP contribution in [0, 0.1) is 32.1 Å². The standard InChI is InChI=1S/C40H39F7N4O6/c1-19-13-23-14-25-27(16-48)51-26(32(50(25)4)30(23)20(2)33(19)54-5)15-24-31(28(51)17-49-29(52)12-11-22-9-7-6-8-10-22)36-35(55-18-56-36)21(3)34(24)57-37(53)38(41,42)39(43,44)40(45,46)47/h6-10,13,25-28,32H,11-12,14-15,17-18H2,1-5H3,(H,49,52)/t25-,26?,27-,28-,32+/m0/s1. The van der Waals surface area contributed by atoms with Gasteiger partial charge in [-0.3, -0.25) is 14.6 Å². The predicted octanol–water partition coefficient (Wildman–Crippen LogP) is 6.61.